The van der Waals surface area contributed by atoms with Crippen LogP contribution in [0.4, 0.5) is 0 Å². The summed E-state index contributed by atoms with van der Waals surface area (Å²) in [6.45, 7) is 5.72. The van der Waals surface area contributed by atoms with Crippen LogP contribution in [0.3, 0.4) is 0 Å². The molecule has 0 aromatic carbocycles. The molecular formula is C13H22Cl2N2O. The number of aromatic nitrogens is 2. The van der Waals surface area contributed by atoms with E-state index in [9.17, 15) is 0 Å². The highest BCUT2D eigenvalue weighted by Gasteiger charge is 2.17. The smallest absolute Gasteiger partial charge is 0.0850 e. The number of alkyl halides is 1. The van der Waals surface area contributed by atoms with Gasteiger partial charge in [0.1, 0.15) is 0 Å². The van der Waals surface area contributed by atoms with Gasteiger partial charge < -0.3 is 4.74 Å². The van der Waals surface area contributed by atoms with Crippen LogP contribution in [0.5, 0.6) is 0 Å². The van der Waals surface area contributed by atoms with Gasteiger partial charge in [-0.25, -0.2) is 0 Å². The van der Waals surface area contributed by atoms with Gasteiger partial charge in [0.05, 0.1) is 16.4 Å². The van der Waals surface area contributed by atoms with Crippen LogP contribution >= 0.6 is 23.2 Å². The first-order valence-electron chi connectivity index (χ1n) is 6.51. The molecule has 1 unspecified atom stereocenters. The number of hydrogen-bond acceptors (Lipinski definition) is 2. The highest BCUT2D eigenvalue weighted by molar-refractivity contribution is 6.32. The molecule has 0 bridgehead atoms. The van der Waals surface area contributed by atoms with E-state index < -0.39 is 0 Å². The number of hydrogen-bond donors (Lipinski definition) is 0. The fraction of sp³-hybridized carbons (Fsp3) is 0.769. The molecule has 18 heavy (non-hydrogen) atoms. The van der Waals surface area contributed by atoms with E-state index in [1.165, 1.54) is 0 Å². The van der Waals surface area contributed by atoms with Crippen molar-refractivity contribution in [2.75, 3.05) is 13.7 Å². The first-order chi connectivity index (χ1) is 8.63. The summed E-state index contributed by atoms with van der Waals surface area (Å²) in [6.07, 6.45) is 3.53. The summed E-state index contributed by atoms with van der Waals surface area (Å²) in [4.78, 5) is 0. The normalized spacial score (nSPS) is 12.9. The van der Waals surface area contributed by atoms with Crippen molar-refractivity contribution in [2.24, 2.45) is 0 Å². The number of rotatable bonds is 8. The van der Waals surface area contributed by atoms with Gasteiger partial charge in [0.2, 0.25) is 0 Å². The van der Waals surface area contributed by atoms with Gasteiger partial charge in [-0.15, -0.1) is 11.6 Å². The molecule has 3 nitrogen and oxygen atoms in total. The number of ether oxygens (including phenoxy) is 1. The highest BCUT2D eigenvalue weighted by Crippen LogP contribution is 2.25. The van der Waals surface area contributed by atoms with E-state index in [4.69, 9.17) is 27.9 Å². The van der Waals surface area contributed by atoms with Gasteiger partial charge in [0.15, 0.2) is 0 Å². The number of aryl methyl sites for hydroxylation is 2. The maximum atomic E-state index is 6.35. The molecule has 0 amide bonds. The van der Waals surface area contributed by atoms with Crippen LogP contribution in [0.15, 0.2) is 0 Å². The maximum Gasteiger partial charge on any atom is 0.0850 e. The summed E-state index contributed by atoms with van der Waals surface area (Å²) >= 11 is 12.7. The predicted octanol–water partition coefficient (Wildman–Crippen LogP) is 3.70. The summed E-state index contributed by atoms with van der Waals surface area (Å²) in [6, 6.07) is 0. The molecule has 1 aromatic rings. The molecule has 1 heterocycles. The summed E-state index contributed by atoms with van der Waals surface area (Å²) in [7, 11) is 1.71. The van der Waals surface area contributed by atoms with E-state index in [1.807, 2.05) is 4.68 Å². The van der Waals surface area contributed by atoms with Crippen molar-refractivity contribution in [2.45, 2.75) is 51.5 Å². The number of halogens is 2. The minimum absolute atomic E-state index is 0.0874. The van der Waals surface area contributed by atoms with Crippen molar-refractivity contribution < 1.29 is 4.74 Å². The lowest BCUT2D eigenvalue weighted by Crippen LogP contribution is -2.11. The lowest BCUT2D eigenvalue weighted by molar-refractivity contribution is 0.192. The van der Waals surface area contributed by atoms with Crippen LogP contribution in [0.1, 0.15) is 38.1 Å². The predicted molar refractivity (Wildman–Crippen MR) is 76.7 cm³/mol. The number of methoxy groups -OCH3 is 1. The molecule has 0 saturated heterocycles. The molecule has 0 aliphatic carbocycles. The third kappa shape index (κ3) is 4.15. The average Bonchev–Trinajstić information content (AvgIpc) is 2.66. The molecule has 0 aliphatic heterocycles. The molecular weight excluding hydrogens is 271 g/mol. The third-order valence-corrected chi connectivity index (χ3v) is 3.78. The summed E-state index contributed by atoms with van der Waals surface area (Å²) in [5.41, 5.74) is 2.03. The summed E-state index contributed by atoms with van der Waals surface area (Å²) < 4.78 is 7.00. The van der Waals surface area contributed by atoms with Crippen molar-refractivity contribution in [1.82, 2.24) is 9.78 Å². The third-order valence-electron chi connectivity index (χ3n) is 2.97. The van der Waals surface area contributed by atoms with Gasteiger partial charge in [-0.2, -0.15) is 5.10 Å². The van der Waals surface area contributed by atoms with E-state index in [-0.39, 0.29) is 5.38 Å². The Kier molecular flexibility index (Phi) is 7.05. The molecule has 104 valence electrons. The van der Waals surface area contributed by atoms with E-state index in [1.54, 1.807) is 7.11 Å². The lowest BCUT2D eigenvalue weighted by atomic mass is 10.1. The molecule has 0 saturated carbocycles. The fourth-order valence-corrected chi connectivity index (χ4v) is 2.62. The monoisotopic (exact) mass is 292 g/mol. The Morgan fingerprint density at radius 2 is 2.11 bits per heavy atom. The molecule has 1 atom stereocenters. The van der Waals surface area contributed by atoms with Gasteiger partial charge in [-0.05, 0) is 26.2 Å². The van der Waals surface area contributed by atoms with Crippen molar-refractivity contribution in [3.63, 3.8) is 0 Å². The van der Waals surface area contributed by atoms with Crippen molar-refractivity contribution in [1.29, 1.82) is 0 Å². The van der Waals surface area contributed by atoms with Crippen LogP contribution in [0.2, 0.25) is 5.02 Å². The lowest BCUT2D eigenvalue weighted by Gasteiger charge is -2.10. The van der Waals surface area contributed by atoms with Crippen LogP contribution in [0.25, 0.3) is 0 Å². The fourth-order valence-electron chi connectivity index (χ4n) is 1.97. The summed E-state index contributed by atoms with van der Waals surface area (Å²) in [5.74, 6) is 0. The molecule has 0 fully saturated rings. The Morgan fingerprint density at radius 1 is 1.39 bits per heavy atom. The molecule has 1 aromatic heterocycles. The second-order valence-corrected chi connectivity index (χ2v) is 5.31. The Morgan fingerprint density at radius 3 is 2.67 bits per heavy atom. The van der Waals surface area contributed by atoms with E-state index in [2.05, 4.69) is 18.9 Å². The highest BCUT2D eigenvalue weighted by atomic mass is 35.5. The maximum absolute atomic E-state index is 6.35. The molecule has 0 spiro atoms. The zero-order valence-corrected chi connectivity index (χ0v) is 12.9. The van der Waals surface area contributed by atoms with Gasteiger partial charge in [-0.1, -0.05) is 18.5 Å². The van der Waals surface area contributed by atoms with Crippen LogP contribution in [-0.4, -0.2) is 28.9 Å². The number of nitrogens with zero attached hydrogens (tertiary/aromatic N) is 2. The van der Waals surface area contributed by atoms with E-state index in [0.717, 1.165) is 55.2 Å². The van der Waals surface area contributed by atoms with Gasteiger partial charge in [-0.3, -0.25) is 4.68 Å². The van der Waals surface area contributed by atoms with E-state index >= 15 is 0 Å². The second kappa shape index (κ2) is 8.03. The van der Waals surface area contributed by atoms with Crippen molar-refractivity contribution >= 4 is 23.2 Å². The minimum Gasteiger partial charge on any atom is -0.385 e. The molecule has 0 N–H and O–H groups in total. The standard InChI is InChI=1S/C13H22Cl2N2O/c1-4-11-13(15)12(17(5-2)16-11)9-10(14)7-6-8-18-3/h10H,4-9H2,1-3H3. The van der Waals surface area contributed by atoms with Crippen LogP contribution in [-0.2, 0) is 24.1 Å². The first kappa shape index (κ1) is 15.8. The molecule has 0 radical (unpaired) electrons. The zero-order valence-electron chi connectivity index (χ0n) is 11.4. The largest absolute Gasteiger partial charge is 0.385 e. The van der Waals surface area contributed by atoms with Gasteiger partial charge in [0.25, 0.3) is 0 Å². The Balaban J connectivity index is 2.67. The van der Waals surface area contributed by atoms with Gasteiger partial charge in [0, 0.05) is 32.1 Å². The van der Waals surface area contributed by atoms with E-state index in [0.29, 0.717) is 0 Å². The van der Waals surface area contributed by atoms with Crippen molar-refractivity contribution in [3.8, 4) is 0 Å². The Bertz CT molecular complexity index is 366. The molecule has 1 rings (SSSR count). The SMILES string of the molecule is CCc1nn(CC)c(CC(Cl)CCCOC)c1Cl. The summed E-state index contributed by atoms with van der Waals surface area (Å²) in [5, 5.41) is 5.37. The minimum atomic E-state index is 0.0874. The quantitative estimate of drug-likeness (QED) is 0.540. The zero-order chi connectivity index (χ0) is 13.5. The molecule has 5 heteroatoms. The van der Waals surface area contributed by atoms with Crippen LogP contribution in [0, 0.1) is 0 Å². The first-order valence-corrected chi connectivity index (χ1v) is 7.32. The van der Waals surface area contributed by atoms with Crippen LogP contribution < -0.4 is 0 Å². The van der Waals surface area contributed by atoms with Crippen molar-refractivity contribution in [3.05, 3.63) is 16.4 Å². The van der Waals surface area contributed by atoms with Gasteiger partial charge >= 0.3 is 0 Å². The Hall–Kier alpha value is -0.250. The Labute approximate surface area is 119 Å². The topological polar surface area (TPSA) is 27.1 Å². The second-order valence-electron chi connectivity index (χ2n) is 4.31. The average molecular weight is 293 g/mol. The molecule has 0 aliphatic rings.